The number of hydrogen-bond donors (Lipinski definition) is 1. The number of rotatable bonds is 3. The quantitative estimate of drug-likeness (QED) is 0.904. The highest BCUT2D eigenvalue weighted by atomic mass is 16.5. The highest BCUT2D eigenvalue weighted by molar-refractivity contribution is 5.66. The zero-order valence-corrected chi connectivity index (χ0v) is 13.7. The summed E-state index contributed by atoms with van der Waals surface area (Å²) in [6.45, 7) is 2.62. The Morgan fingerprint density at radius 3 is 2.92 bits per heavy atom. The lowest BCUT2D eigenvalue weighted by atomic mass is 10.0. The molecule has 1 unspecified atom stereocenters. The van der Waals surface area contributed by atoms with Crippen molar-refractivity contribution in [1.29, 1.82) is 0 Å². The average molecular weight is 331 g/mol. The summed E-state index contributed by atoms with van der Waals surface area (Å²) in [6.07, 6.45) is 3.29. The normalized spacial score (nSPS) is 20.6. The molecule has 0 spiro atoms. The molecule has 0 aromatic carbocycles. The monoisotopic (exact) mass is 331 g/mol. The van der Waals surface area contributed by atoms with Crippen molar-refractivity contribution in [2.24, 2.45) is 0 Å². The smallest absolute Gasteiger partial charge is 0.407 e. The molecular weight excluding hydrogens is 310 g/mol. The number of anilines is 1. The maximum atomic E-state index is 11.3. The predicted molar refractivity (Wildman–Crippen MR) is 87.6 cm³/mol. The SMILES string of the molecule is COCC1CCN1c1c2c(nc3ccnn13)CCN(C(=O)O)CC2. The van der Waals surface area contributed by atoms with E-state index in [0.717, 1.165) is 35.7 Å². The van der Waals surface area contributed by atoms with Crippen LogP contribution < -0.4 is 4.90 Å². The fourth-order valence-electron chi connectivity index (χ4n) is 3.64. The van der Waals surface area contributed by atoms with Gasteiger partial charge in [0.25, 0.3) is 0 Å². The molecule has 24 heavy (non-hydrogen) atoms. The number of carbonyl (C=O) groups is 1. The Bertz CT molecular complexity index is 774. The molecule has 2 aliphatic heterocycles. The first-order chi connectivity index (χ1) is 11.7. The highest BCUT2D eigenvalue weighted by Crippen LogP contribution is 2.33. The second-order valence-electron chi connectivity index (χ2n) is 6.32. The summed E-state index contributed by atoms with van der Waals surface area (Å²) in [5.74, 6) is 1.06. The molecule has 2 aromatic heterocycles. The number of nitrogens with zero attached hydrogens (tertiary/aromatic N) is 5. The van der Waals surface area contributed by atoms with Gasteiger partial charge in [-0.05, 0) is 12.8 Å². The minimum atomic E-state index is -0.865. The Morgan fingerprint density at radius 2 is 2.21 bits per heavy atom. The van der Waals surface area contributed by atoms with Crippen molar-refractivity contribution in [1.82, 2.24) is 19.5 Å². The first kappa shape index (κ1) is 15.2. The van der Waals surface area contributed by atoms with Gasteiger partial charge in [0.1, 0.15) is 5.82 Å². The van der Waals surface area contributed by atoms with Crippen LogP contribution in [0.2, 0.25) is 0 Å². The van der Waals surface area contributed by atoms with Crippen LogP contribution in [0.25, 0.3) is 5.65 Å². The van der Waals surface area contributed by atoms with E-state index in [2.05, 4.69) is 10.00 Å². The Morgan fingerprint density at radius 1 is 1.38 bits per heavy atom. The zero-order valence-electron chi connectivity index (χ0n) is 13.7. The van der Waals surface area contributed by atoms with Gasteiger partial charge in [-0.3, -0.25) is 0 Å². The number of amides is 1. The van der Waals surface area contributed by atoms with Crippen LogP contribution in [0.1, 0.15) is 17.7 Å². The van der Waals surface area contributed by atoms with Gasteiger partial charge in [0.05, 0.1) is 24.5 Å². The van der Waals surface area contributed by atoms with E-state index in [1.165, 1.54) is 4.90 Å². The number of methoxy groups -OCH3 is 1. The summed E-state index contributed by atoms with van der Waals surface area (Å²) in [6, 6.07) is 2.24. The Kier molecular flexibility index (Phi) is 3.76. The molecule has 1 fully saturated rings. The second-order valence-corrected chi connectivity index (χ2v) is 6.32. The lowest BCUT2D eigenvalue weighted by Crippen LogP contribution is -2.51. The summed E-state index contributed by atoms with van der Waals surface area (Å²) < 4.78 is 7.22. The number of carboxylic acid groups (broad SMARTS) is 1. The van der Waals surface area contributed by atoms with E-state index in [9.17, 15) is 9.90 Å². The molecule has 4 heterocycles. The van der Waals surface area contributed by atoms with E-state index >= 15 is 0 Å². The fourth-order valence-corrected chi connectivity index (χ4v) is 3.64. The van der Waals surface area contributed by atoms with Crippen LogP contribution in [-0.4, -0.2) is 70.1 Å². The van der Waals surface area contributed by atoms with Crippen molar-refractivity contribution in [3.05, 3.63) is 23.5 Å². The van der Waals surface area contributed by atoms with E-state index in [1.807, 2.05) is 10.6 Å². The van der Waals surface area contributed by atoms with Crippen molar-refractivity contribution in [3.63, 3.8) is 0 Å². The van der Waals surface area contributed by atoms with E-state index in [1.54, 1.807) is 13.3 Å². The predicted octanol–water partition coefficient (Wildman–Crippen LogP) is 1.03. The van der Waals surface area contributed by atoms with Gasteiger partial charge in [0, 0.05) is 44.8 Å². The number of ether oxygens (including phenoxy) is 1. The standard InChI is InChI=1S/C16H21N5O3/c1-24-10-11-3-9-20(11)15-12-4-7-19(16(22)23)8-5-13(12)18-14-2-6-17-21(14)15/h2,6,11H,3-5,7-10H2,1H3,(H,22,23). The molecule has 4 rings (SSSR count). The van der Waals surface area contributed by atoms with E-state index in [0.29, 0.717) is 38.6 Å². The average Bonchev–Trinajstić information content (AvgIpc) is 2.89. The molecule has 0 aliphatic carbocycles. The third kappa shape index (κ3) is 2.37. The minimum Gasteiger partial charge on any atom is -0.465 e. The van der Waals surface area contributed by atoms with Gasteiger partial charge >= 0.3 is 6.09 Å². The summed E-state index contributed by atoms with van der Waals surface area (Å²) in [4.78, 5) is 19.8. The molecule has 2 aliphatic rings. The van der Waals surface area contributed by atoms with Crippen molar-refractivity contribution in [3.8, 4) is 0 Å². The first-order valence-electron chi connectivity index (χ1n) is 8.28. The van der Waals surface area contributed by atoms with Gasteiger partial charge in [0.2, 0.25) is 0 Å². The molecule has 1 saturated heterocycles. The maximum Gasteiger partial charge on any atom is 0.407 e. The van der Waals surface area contributed by atoms with Crippen molar-refractivity contribution in [2.75, 3.05) is 38.3 Å². The third-order valence-corrected chi connectivity index (χ3v) is 4.99. The summed E-state index contributed by atoms with van der Waals surface area (Å²) in [5, 5.41) is 13.8. The van der Waals surface area contributed by atoms with Gasteiger partial charge < -0.3 is 19.6 Å². The lowest BCUT2D eigenvalue weighted by molar-refractivity contribution is 0.147. The molecule has 1 atom stereocenters. The maximum absolute atomic E-state index is 11.3. The van der Waals surface area contributed by atoms with Crippen LogP contribution in [0.15, 0.2) is 12.3 Å². The zero-order chi connectivity index (χ0) is 16.7. The third-order valence-electron chi connectivity index (χ3n) is 4.99. The molecule has 0 bridgehead atoms. The summed E-state index contributed by atoms with van der Waals surface area (Å²) >= 11 is 0. The van der Waals surface area contributed by atoms with Crippen molar-refractivity contribution >= 4 is 17.6 Å². The fraction of sp³-hybridized carbons (Fsp3) is 0.562. The first-order valence-corrected chi connectivity index (χ1v) is 8.28. The van der Waals surface area contributed by atoms with Crippen LogP contribution in [0, 0.1) is 0 Å². The van der Waals surface area contributed by atoms with Crippen molar-refractivity contribution in [2.45, 2.75) is 25.3 Å². The van der Waals surface area contributed by atoms with Gasteiger partial charge in [-0.1, -0.05) is 0 Å². The van der Waals surface area contributed by atoms with Gasteiger partial charge in [-0.15, -0.1) is 0 Å². The Labute approximate surface area is 139 Å². The van der Waals surface area contributed by atoms with Gasteiger partial charge in [-0.2, -0.15) is 9.61 Å². The van der Waals surface area contributed by atoms with Crippen LogP contribution >= 0.6 is 0 Å². The molecule has 0 saturated carbocycles. The molecule has 8 nitrogen and oxygen atoms in total. The highest BCUT2D eigenvalue weighted by Gasteiger charge is 2.34. The molecule has 1 N–H and O–H groups in total. The minimum absolute atomic E-state index is 0.340. The van der Waals surface area contributed by atoms with Gasteiger partial charge in [0.15, 0.2) is 5.65 Å². The number of aromatic nitrogens is 3. The second kappa shape index (κ2) is 5.94. The summed E-state index contributed by atoms with van der Waals surface area (Å²) in [7, 11) is 1.72. The lowest BCUT2D eigenvalue weighted by Gasteiger charge is -2.43. The van der Waals surface area contributed by atoms with E-state index in [-0.39, 0.29) is 0 Å². The molecule has 8 heteroatoms. The number of fused-ring (bicyclic) bond motifs is 2. The molecule has 2 aromatic rings. The van der Waals surface area contributed by atoms with Gasteiger partial charge in [-0.25, -0.2) is 9.78 Å². The summed E-state index contributed by atoms with van der Waals surface area (Å²) in [5.41, 5.74) is 2.93. The number of hydrogen-bond acceptors (Lipinski definition) is 5. The largest absolute Gasteiger partial charge is 0.465 e. The van der Waals surface area contributed by atoms with Crippen LogP contribution in [0.4, 0.5) is 10.6 Å². The van der Waals surface area contributed by atoms with Crippen LogP contribution in [-0.2, 0) is 17.6 Å². The molecule has 128 valence electrons. The topological polar surface area (TPSA) is 83.2 Å². The van der Waals surface area contributed by atoms with Crippen LogP contribution in [0.5, 0.6) is 0 Å². The van der Waals surface area contributed by atoms with Crippen molar-refractivity contribution < 1.29 is 14.6 Å². The molecular formula is C16H21N5O3. The molecule has 1 amide bonds. The Hall–Kier alpha value is -2.35. The Balaban J connectivity index is 1.78. The van der Waals surface area contributed by atoms with Crippen LogP contribution in [0.3, 0.4) is 0 Å². The molecule has 0 radical (unpaired) electrons. The van der Waals surface area contributed by atoms with E-state index < -0.39 is 6.09 Å². The van der Waals surface area contributed by atoms with E-state index in [4.69, 9.17) is 9.72 Å².